The lowest BCUT2D eigenvalue weighted by Crippen LogP contribution is -2.36. The molecule has 0 atom stereocenters. The van der Waals surface area contributed by atoms with Gasteiger partial charge < -0.3 is 20.3 Å². The minimum Gasteiger partial charge on any atom is -0.454 e. The number of nitrogens with zero attached hydrogens (tertiary/aromatic N) is 1. The van der Waals surface area contributed by atoms with Crippen LogP contribution in [0.1, 0.15) is 36.0 Å². The van der Waals surface area contributed by atoms with Crippen molar-refractivity contribution in [3.8, 4) is 0 Å². The number of likely N-dealkylation sites (tertiary alicyclic amines) is 1. The van der Waals surface area contributed by atoms with Crippen LogP contribution < -0.4 is 10.6 Å². The summed E-state index contributed by atoms with van der Waals surface area (Å²) in [6, 6.07) is 15.5. The van der Waals surface area contributed by atoms with Crippen LogP contribution in [-0.2, 0) is 19.1 Å². The summed E-state index contributed by atoms with van der Waals surface area (Å²) in [5.41, 5.74) is 1.21. The fourth-order valence-corrected chi connectivity index (χ4v) is 3.25. The van der Waals surface area contributed by atoms with E-state index in [9.17, 15) is 19.2 Å². The molecule has 8 heteroatoms. The number of benzene rings is 2. The van der Waals surface area contributed by atoms with Gasteiger partial charge in [0.05, 0.1) is 11.3 Å². The van der Waals surface area contributed by atoms with Crippen LogP contribution in [-0.4, -0.2) is 48.3 Å². The van der Waals surface area contributed by atoms with Crippen LogP contribution in [0.15, 0.2) is 54.6 Å². The van der Waals surface area contributed by atoms with Gasteiger partial charge in [0.15, 0.2) is 6.61 Å². The van der Waals surface area contributed by atoms with Crippen LogP contribution in [0.25, 0.3) is 0 Å². The summed E-state index contributed by atoms with van der Waals surface area (Å²) in [4.78, 5) is 50.3. The number of hydrogen-bond acceptors (Lipinski definition) is 5. The summed E-state index contributed by atoms with van der Waals surface area (Å²) in [6.45, 7) is -0.151. The molecular formula is C23H25N3O5. The zero-order chi connectivity index (χ0) is 22.1. The van der Waals surface area contributed by atoms with Gasteiger partial charge in [0, 0.05) is 18.7 Å². The number of para-hydroxylation sites is 2. The summed E-state index contributed by atoms with van der Waals surface area (Å²) < 4.78 is 5.02. The second-order valence-corrected chi connectivity index (χ2v) is 7.20. The lowest BCUT2D eigenvalue weighted by atomic mass is 10.1. The van der Waals surface area contributed by atoms with E-state index in [2.05, 4.69) is 10.6 Å². The van der Waals surface area contributed by atoms with Gasteiger partial charge in [0.25, 0.3) is 11.8 Å². The standard InChI is InChI=1S/C23H25N3O5/c27-20(16-31-22(29)15-26-14-8-2-5-13-21(26)28)25-19-12-7-6-11-18(19)23(30)24-17-9-3-1-4-10-17/h1,3-4,6-7,9-12H,2,5,8,13-16H2,(H,24,30)(H,25,27). The van der Waals surface area contributed by atoms with Crippen LogP contribution in [0, 0.1) is 0 Å². The highest BCUT2D eigenvalue weighted by Gasteiger charge is 2.21. The molecule has 1 saturated heterocycles. The molecule has 1 fully saturated rings. The average Bonchev–Trinajstić information content (AvgIpc) is 2.97. The predicted molar refractivity (Wildman–Crippen MR) is 115 cm³/mol. The number of nitrogens with one attached hydrogen (secondary N) is 2. The Hall–Kier alpha value is -3.68. The van der Waals surface area contributed by atoms with E-state index < -0.39 is 18.5 Å². The molecule has 3 amide bonds. The van der Waals surface area contributed by atoms with Crippen LogP contribution in [0.2, 0.25) is 0 Å². The molecule has 2 N–H and O–H groups in total. The van der Waals surface area contributed by atoms with Crippen molar-refractivity contribution in [1.29, 1.82) is 0 Å². The van der Waals surface area contributed by atoms with Crippen LogP contribution in [0.5, 0.6) is 0 Å². The minimum absolute atomic E-state index is 0.0720. The maximum Gasteiger partial charge on any atom is 0.326 e. The molecule has 1 aliphatic rings. The second kappa shape index (κ2) is 10.9. The smallest absolute Gasteiger partial charge is 0.326 e. The number of hydrogen-bond donors (Lipinski definition) is 2. The lowest BCUT2D eigenvalue weighted by Gasteiger charge is -2.19. The molecule has 0 unspecified atom stereocenters. The fraction of sp³-hybridized carbons (Fsp3) is 0.304. The van der Waals surface area contributed by atoms with Gasteiger partial charge in [-0.15, -0.1) is 0 Å². The average molecular weight is 423 g/mol. The van der Waals surface area contributed by atoms with Crippen molar-refractivity contribution in [1.82, 2.24) is 4.90 Å². The highest BCUT2D eigenvalue weighted by Crippen LogP contribution is 2.17. The summed E-state index contributed by atoms with van der Waals surface area (Å²) in [6.07, 6.45) is 3.05. The maximum atomic E-state index is 12.6. The summed E-state index contributed by atoms with van der Waals surface area (Å²) in [5.74, 6) is -1.66. The third-order valence-corrected chi connectivity index (χ3v) is 4.83. The van der Waals surface area contributed by atoms with Gasteiger partial charge in [-0.2, -0.15) is 0 Å². The number of anilines is 2. The molecule has 8 nitrogen and oxygen atoms in total. The predicted octanol–water partition coefficient (Wildman–Crippen LogP) is 2.82. The monoisotopic (exact) mass is 423 g/mol. The van der Waals surface area contributed by atoms with Crippen LogP contribution >= 0.6 is 0 Å². The summed E-state index contributed by atoms with van der Waals surface area (Å²) >= 11 is 0. The third kappa shape index (κ3) is 6.67. The Morgan fingerprint density at radius 2 is 1.65 bits per heavy atom. The Morgan fingerprint density at radius 1 is 0.903 bits per heavy atom. The van der Waals surface area contributed by atoms with Crippen LogP contribution in [0.4, 0.5) is 11.4 Å². The Balaban J connectivity index is 1.53. The second-order valence-electron chi connectivity index (χ2n) is 7.20. The number of amides is 3. The molecule has 3 rings (SSSR count). The van der Waals surface area contributed by atoms with Crippen molar-refractivity contribution < 1.29 is 23.9 Å². The van der Waals surface area contributed by atoms with E-state index in [-0.39, 0.29) is 23.9 Å². The number of rotatable bonds is 7. The van der Waals surface area contributed by atoms with Gasteiger partial charge in [-0.05, 0) is 37.1 Å². The van der Waals surface area contributed by atoms with E-state index in [0.717, 1.165) is 19.3 Å². The van der Waals surface area contributed by atoms with Gasteiger partial charge in [-0.25, -0.2) is 0 Å². The molecule has 0 saturated carbocycles. The van der Waals surface area contributed by atoms with Crippen molar-refractivity contribution >= 4 is 35.1 Å². The molecule has 0 aromatic heterocycles. The molecular weight excluding hydrogens is 398 g/mol. The highest BCUT2D eigenvalue weighted by molar-refractivity contribution is 6.10. The summed E-state index contributed by atoms with van der Waals surface area (Å²) in [7, 11) is 0. The zero-order valence-corrected chi connectivity index (χ0v) is 17.1. The molecule has 0 radical (unpaired) electrons. The highest BCUT2D eigenvalue weighted by atomic mass is 16.5. The number of carbonyl (C=O) groups is 4. The number of esters is 1. The molecule has 162 valence electrons. The third-order valence-electron chi connectivity index (χ3n) is 4.83. The van der Waals surface area contributed by atoms with E-state index in [0.29, 0.717) is 24.3 Å². The van der Waals surface area contributed by atoms with Gasteiger partial charge in [-0.1, -0.05) is 36.8 Å². The topological polar surface area (TPSA) is 105 Å². The van der Waals surface area contributed by atoms with Gasteiger partial charge in [0.2, 0.25) is 5.91 Å². The molecule has 2 aromatic rings. The van der Waals surface area contributed by atoms with E-state index in [4.69, 9.17) is 4.74 Å². The molecule has 0 spiro atoms. The first-order valence-electron chi connectivity index (χ1n) is 10.2. The molecule has 0 aliphatic carbocycles. The van der Waals surface area contributed by atoms with Gasteiger partial charge in [-0.3, -0.25) is 19.2 Å². The van der Waals surface area contributed by atoms with E-state index in [1.54, 1.807) is 48.5 Å². The largest absolute Gasteiger partial charge is 0.454 e. The van der Waals surface area contributed by atoms with Crippen molar-refractivity contribution in [2.24, 2.45) is 0 Å². The Kier molecular flexibility index (Phi) is 7.75. The maximum absolute atomic E-state index is 12.6. The zero-order valence-electron chi connectivity index (χ0n) is 17.1. The molecule has 31 heavy (non-hydrogen) atoms. The van der Waals surface area contributed by atoms with Gasteiger partial charge >= 0.3 is 5.97 Å². The Labute approximate surface area is 180 Å². The first-order chi connectivity index (χ1) is 15.0. The minimum atomic E-state index is -0.638. The summed E-state index contributed by atoms with van der Waals surface area (Å²) in [5, 5.41) is 5.36. The van der Waals surface area contributed by atoms with E-state index in [1.165, 1.54) is 4.90 Å². The van der Waals surface area contributed by atoms with Crippen LogP contribution in [0.3, 0.4) is 0 Å². The normalized spacial score (nSPS) is 13.8. The van der Waals surface area contributed by atoms with Crippen molar-refractivity contribution in [2.45, 2.75) is 25.7 Å². The molecule has 1 aliphatic heterocycles. The first-order valence-corrected chi connectivity index (χ1v) is 10.2. The molecule has 0 bridgehead atoms. The Bertz CT molecular complexity index is 945. The van der Waals surface area contributed by atoms with Crippen molar-refractivity contribution in [3.05, 3.63) is 60.2 Å². The quantitative estimate of drug-likeness (QED) is 0.667. The first kappa shape index (κ1) is 22.0. The SMILES string of the molecule is O=C(COC(=O)CN1CCCCCC1=O)Nc1ccccc1C(=O)Nc1ccccc1. The number of ether oxygens (including phenoxy) is 1. The lowest BCUT2D eigenvalue weighted by molar-refractivity contribution is -0.151. The van der Waals surface area contributed by atoms with E-state index >= 15 is 0 Å². The number of carbonyl (C=O) groups excluding carboxylic acids is 4. The Morgan fingerprint density at radius 3 is 2.45 bits per heavy atom. The van der Waals surface area contributed by atoms with Crippen molar-refractivity contribution in [2.75, 3.05) is 30.3 Å². The van der Waals surface area contributed by atoms with E-state index in [1.807, 2.05) is 6.07 Å². The molecule has 2 aromatic carbocycles. The van der Waals surface area contributed by atoms with Gasteiger partial charge in [0.1, 0.15) is 6.54 Å². The fourth-order valence-electron chi connectivity index (χ4n) is 3.25. The van der Waals surface area contributed by atoms with Crippen molar-refractivity contribution in [3.63, 3.8) is 0 Å². The molecule has 1 heterocycles.